The topological polar surface area (TPSA) is 64.7 Å². The number of rotatable bonds is 10. The van der Waals surface area contributed by atoms with E-state index in [4.69, 9.17) is 0 Å². The molecular weight excluding hydrogens is 359 g/mol. The Morgan fingerprint density at radius 3 is 2.46 bits per heavy atom. The van der Waals surface area contributed by atoms with Crippen LogP contribution in [0.3, 0.4) is 0 Å². The van der Waals surface area contributed by atoms with Gasteiger partial charge in [0, 0.05) is 31.2 Å². The fraction of sp³-hybridized carbons (Fsp3) is 0.619. The van der Waals surface area contributed by atoms with Crippen molar-refractivity contribution in [2.45, 2.75) is 52.0 Å². The van der Waals surface area contributed by atoms with Gasteiger partial charge >= 0.3 is 6.03 Å². The molecule has 1 aromatic carbocycles. The number of urea groups is 1. The summed E-state index contributed by atoms with van der Waals surface area (Å²) in [5.41, 5.74) is 0.536. The van der Waals surface area contributed by atoms with Crippen LogP contribution in [0.5, 0.6) is 0 Å². The van der Waals surface area contributed by atoms with Crippen molar-refractivity contribution < 1.29 is 14.0 Å². The third-order valence-corrected chi connectivity index (χ3v) is 4.92. The highest BCUT2D eigenvalue weighted by atomic mass is 19.1. The highest BCUT2D eigenvalue weighted by molar-refractivity contribution is 5.89. The lowest BCUT2D eigenvalue weighted by molar-refractivity contribution is -0.130. The molecule has 28 heavy (non-hydrogen) atoms. The van der Waals surface area contributed by atoms with E-state index in [9.17, 15) is 14.0 Å². The molecule has 1 fully saturated rings. The highest BCUT2D eigenvalue weighted by Crippen LogP contribution is 2.13. The summed E-state index contributed by atoms with van der Waals surface area (Å²) in [7, 11) is 0. The van der Waals surface area contributed by atoms with Crippen LogP contribution in [0.1, 0.15) is 46.0 Å². The molecule has 1 aliphatic heterocycles. The smallest absolute Gasteiger partial charge is 0.319 e. The Kier molecular flexibility index (Phi) is 9.20. The summed E-state index contributed by atoms with van der Waals surface area (Å²) in [5.74, 6) is -0.181. The Balaban J connectivity index is 1.68. The molecule has 1 saturated heterocycles. The maximum absolute atomic E-state index is 12.9. The van der Waals surface area contributed by atoms with Crippen molar-refractivity contribution in [3.05, 3.63) is 30.1 Å². The van der Waals surface area contributed by atoms with Crippen LogP contribution in [0.4, 0.5) is 14.9 Å². The molecule has 0 radical (unpaired) electrons. The predicted molar refractivity (Wildman–Crippen MR) is 110 cm³/mol. The summed E-state index contributed by atoms with van der Waals surface area (Å²) in [6.45, 7) is 8.71. The minimum absolute atomic E-state index is 0.0546. The van der Waals surface area contributed by atoms with Gasteiger partial charge in [-0.05, 0) is 69.6 Å². The van der Waals surface area contributed by atoms with Gasteiger partial charge in [0.1, 0.15) is 5.82 Å². The van der Waals surface area contributed by atoms with Crippen molar-refractivity contribution in [2.24, 2.45) is 0 Å². The fourth-order valence-electron chi connectivity index (χ4n) is 3.57. The van der Waals surface area contributed by atoms with E-state index in [0.717, 1.165) is 45.3 Å². The number of amides is 3. The van der Waals surface area contributed by atoms with Crippen LogP contribution in [0.25, 0.3) is 0 Å². The van der Waals surface area contributed by atoms with Crippen LogP contribution in [0.15, 0.2) is 24.3 Å². The number of carbonyl (C=O) groups is 2. The number of halogens is 1. The monoisotopic (exact) mass is 392 g/mol. The standard InChI is InChI=1S/C21H33FN4O2/c1-3-12-25(13-4-2)14-5-6-20(27)26-15-11-19(16-26)24-21(28)23-18-9-7-17(22)8-10-18/h7-10,19H,3-6,11-16H2,1-2H3,(H2,23,24,28). The molecule has 1 aliphatic rings. The minimum Gasteiger partial charge on any atom is -0.341 e. The van der Waals surface area contributed by atoms with E-state index in [0.29, 0.717) is 25.2 Å². The number of anilines is 1. The Bertz CT molecular complexity index is 617. The van der Waals surface area contributed by atoms with E-state index >= 15 is 0 Å². The minimum atomic E-state index is -0.344. The van der Waals surface area contributed by atoms with Crippen LogP contribution in [0.2, 0.25) is 0 Å². The quantitative estimate of drug-likeness (QED) is 0.641. The van der Waals surface area contributed by atoms with E-state index in [-0.39, 0.29) is 23.8 Å². The lowest BCUT2D eigenvalue weighted by atomic mass is 10.2. The first-order chi connectivity index (χ1) is 13.5. The molecular formula is C21H33FN4O2. The van der Waals surface area contributed by atoms with Crippen LogP contribution in [-0.2, 0) is 4.79 Å². The van der Waals surface area contributed by atoms with Gasteiger partial charge in [0.05, 0.1) is 0 Å². The Morgan fingerprint density at radius 2 is 1.82 bits per heavy atom. The Morgan fingerprint density at radius 1 is 1.14 bits per heavy atom. The van der Waals surface area contributed by atoms with E-state index < -0.39 is 0 Å². The molecule has 0 bridgehead atoms. The third kappa shape index (κ3) is 7.46. The summed E-state index contributed by atoms with van der Waals surface area (Å²) in [4.78, 5) is 28.8. The van der Waals surface area contributed by atoms with Crippen molar-refractivity contribution in [3.8, 4) is 0 Å². The molecule has 3 amide bonds. The number of hydrogen-bond donors (Lipinski definition) is 2. The number of carbonyl (C=O) groups excluding carboxylic acids is 2. The number of hydrogen-bond acceptors (Lipinski definition) is 3. The van der Waals surface area contributed by atoms with Crippen LogP contribution >= 0.6 is 0 Å². The molecule has 0 spiro atoms. The van der Waals surface area contributed by atoms with E-state index in [1.54, 1.807) is 0 Å². The van der Waals surface area contributed by atoms with E-state index in [1.807, 2.05) is 4.90 Å². The molecule has 7 heteroatoms. The first-order valence-corrected chi connectivity index (χ1v) is 10.3. The van der Waals surface area contributed by atoms with Crippen molar-refractivity contribution in [1.29, 1.82) is 0 Å². The first kappa shape index (κ1) is 22.1. The van der Waals surface area contributed by atoms with Gasteiger partial charge in [-0.2, -0.15) is 0 Å². The van der Waals surface area contributed by atoms with Gasteiger partial charge in [0.15, 0.2) is 0 Å². The molecule has 156 valence electrons. The zero-order chi connectivity index (χ0) is 20.4. The normalized spacial score (nSPS) is 16.4. The third-order valence-electron chi connectivity index (χ3n) is 4.92. The second kappa shape index (κ2) is 11.6. The van der Waals surface area contributed by atoms with Gasteiger partial charge < -0.3 is 20.4 Å². The Labute approximate surface area is 167 Å². The van der Waals surface area contributed by atoms with Crippen LogP contribution < -0.4 is 10.6 Å². The van der Waals surface area contributed by atoms with Crippen molar-refractivity contribution in [2.75, 3.05) is 38.0 Å². The first-order valence-electron chi connectivity index (χ1n) is 10.3. The molecule has 1 heterocycles. The lowest BCUT2D eigenvalue weighted by Gasteiger charge is -2.22. The molecule has 6 nitrogen and oxygen atoms in total. The van der Waals surface area contributed by atoms with Gasteiger partial charge in [-0.1, -0.05) is 13.8 Å². The summed E-state index contributed by atoms with van der Waals surface area (Å²) in [5, 5.41) is 5.57. The second-order valence-corrected chi connectivity index (χ2v) is 7.38. The molecule has 1 aromatic rings. The van der Waals surface area contributed by atoms with Gasteiger partial charge in [-0.3, -0.25) is 4.79 Å². The Hall–Kier alpha value is -2.15. The highest BCUT2D eigenvalue weighted by Gasteiger charge is 2.27. The summed E-state index contributed by atoms with van der Waals surface area (Å²) < 4.78 is 12.9. The summed E-state index contributed by atoms with van der Waals surface area (Å²) in [6.07, 6.45) is 4.44. The zero-order valence-corrected chi connectivity index (χ0v) is 17.0. The maximum atomic E-state index is 12.9. The van der Waals surface area contributed by atoms with Crippen LogP contribution in [-0.4, -0.2) is 60.5 Å². The van der Waals surface area contributed by atoms with Gasteiger partial charge in [-0.25, -0.2) is 9.18 Å². The number of nitrogens with one attached hydrogen (secondary N) is 2. The van der Waals surface area contributed by atoms with Crippen molar-refractivity contribution >= 4 is 17.6 Å². The molecule has 2 N–H and O–H groups in total. The molecule has 1 atom stereocenters. The second-order valence-electron chi connectivity index (χ2n) is 7.38. The van der Waals surface area contributed by atoms with E-state index in [1.165, 1.54) is 24.3 Å². The van der Waals surface area contributed by atoms with E-state index in [2.05, 4.69) is 29.4 Å². The largest absolute Gasteiger partial charge is 0.341 e. The summed E-state index contributed by atoms with van der Waals surface area (Å²) >= 11 is 0. The molecule has 1 unspecified atom stereocenters. The van der Waals surface area contributed by atoms with Gasteiger partial charge in [0.25, 0.3) is 0 Å². The van der Waals surface area contributed by atoms with Crippen LogP contribution in [0, 0.1) is 5.82 Å². The van der Waals surface area contributed by atoms with Gasteiger partial charge in [-0.15, -0.1) is 0 Å². The fourth-order valence-corrected chi connectivity index (χ4v) is 3.57. The molecule has 2 rings (SSSR count). The average molecular weight is 393 g/mol. The average Bonchev–Trinajstić information content (AvgIpc) is 3.12. The predicted octanol–water partition coefficient (Wildman–Crippen LogP) is 3.45. The zero-order valence-electron chi connectivity index (χ0n) is 17.0. The maximum Gasteiger partial charge on any atom is 0.319 e. The molecule has 0 aliphatic carbocycles. The van der Waals surface area contributed by atoms with Crippen molar-refractivity contribution in [3.63, 3.8) is 0 Å². The number of likely N-dealkylation sites (tertiary alicyclic amines) is 1. The molecule has 0 saturated carbocycles. The molecule has 0 aromatic heterocycles. The van der Waals surface area contributed by atoms with Crippen molar-refractivity contribution in [1.82, 2.24) is 15.1 Å². The number of benzene rings is 1. The number of nitrogens with zero attached hydrogens (tertiary/aromatic N) is 2. The lowest BCUT2D eigenvalue weighted by Crippen LogP contribution is -2.40. The summed E-state index contributed by atoms with van der Waals surface area (Å²) in [6, 6.07) is 5.24. The van der Waals surface area contributed by atoms with Gasteiger partial charge in [0.2, 0.25) is 5.91 Å². The SMILES string of the molecule is CCCN(CCC)CCCC(=O)N1CCC(NC(=O)Nc2ccc(F)cc2)C1.